The molecule has 1 atom stereocenters. The smallest absolute Gasteiger partial charge is 0.365 e. The number of fused-ring (bicyclic) bond motifs is 1. The number of guanidine groups is 1. The quantitative estimate of drug-likeness (QED) is 0.591. The number of nitrogens with zero attached hydrogens (tertiary/aromatic N) is 1. The van der Waals surface area contributed by atoms with Crippen LogP contribution in [-0.2, 0) is 4.79 Å². The van der Waals surface area contributed by atoms with Crippen molar-refractivity contribution in [2.24, 2.45) is 5.41 Å². The highest BCUT2D eigenvalue weighted by Crippen LogP contribution is 2.40. The second kappa shape index (κ2) is 6.99. The summed E-state index contributed by atoms with van der Waals surface area (Å²) in [6.07, 6.45) is 1.26. The number of para-hydroxylation sites is 2. The number of aromatic nitrogens is 1. The number of rotatable bonds is 2. The Morgan fingerprint density at radius 1 is 1.17 bits per heavy atom. The molecule has 30 heavy (non-hydrogen) atoms. The Labute approximate surface area is 179 Å². The van der Waals surface area contributed by atoms with Crippen LogP contribution in [-0.4, -0.2) is 16.7 Å². The first-order chi connectivity index (χ1) is 14.4. The summed E-state index contributed by atoms with van der Waals surface area (Å²) in [5.41, 5.74) is 3.86. The van der Waals surface area contributed by atoms with E-state index in [1.807, 2.05) is 48.5 Å². The van der Waals surface area contributed by atoms with Crippen molar-refractivity contribution in [3.05, 3.63) is 70.4 Å². The molecule has 2 heterocycles. The van der Waals surface area contributed by atoms with E-state index in [0.29, 0.717) is 29.0 Å². The van der Waals surface area contributed by atoms with Gasteiger partial charge in [-0.3, -0.25) is 9.79 Å². The Morgan fingerprint density at radius 3 is 2.73 bits per heavy atom. The van der Waals surface area contributed by atoms with Gasteiger partial charge in [-0.15, -0.1) is 0 Å². The van der Waals surface area contributed by atoms with Gasteiger partial charge in [0.15, 0.2) is 11.4 Å². The fourth-order valence-electron chi connectivity index (χ4n) is 4.23. The van der Waals surface area contributed by atoms with Gasteiger partial charge >= 0.3 is 12.0 Å². The maximum absolute atomic E-state index is 13.1. The summed E-state index contributed by atoms with van der Waals surface area (Å²) in [5.74, 6) is 0.739. The minimum Gasteiger partial charge on any atom is -0.412 e. The molecule has 1 aromatic heterocycles. The van der Waals surface area contributed by atoms with Crippen LogP contribution in [0.15, 0.2) is 64.2 Å². The Balaban J connectivity index is 1.56. The van der Waals surface area contributed by atoms with E-state index < -0.39 is 0 Å². The number of carbonyl (C=O) groups excluding carboxylic acids is 1. The van der Waals surface area contributed by atoms with E-state index >= 15 is 0 Å². The first kappa shape index (κ1) is 18.9. The molecule has 0 saturated heterocycles. The van der Waals surface area contributed by atoms with E-state index in [1.165, 1.54) is 0 Å². The van der Waals surface area contributed by atoms with Gasteiger partial charge in [0.1, 0.15) is 11.6 Å². The number of benzene rings is 2. The molecule has 3 aromatic rings. The number of hydrogen-bond donors (Lipinski definition) is 3. The normalized spacial score (nSPS) is 20.6. The summed E-state index contributed by atoms with van der Waals surface area (Å²) in [6.45, 7) is 4.22. The van der Waals surface area contributed by atoms with Crippen molar-refractivity contribution in [3.63, 3.8) is 0 Å². The third-order valence-electron chi connectivity index (χ3n) is 5.52. The lowest BCUT2D eigenvalue weighted by atomic mass is 9.73. The molecule has 0 spiro atoms. The number of carbonyl (C=O) groups is 1. The first-order valence-corrected chi connectivity index (χ1v) is 10.3. The summed E-state index contributed by atoms with van der Waals surface area (Å²) in [6, 6.07) is 15.2. The van der Waals surface area contributed by atoms with Gasteiger partial charge in [-0.1, -0.05) is 55.8 Å². The summed E-state index contributed by atoms with van der Waals surface area (Å²) >= 11 is 6.50. The second-order valence-corrected chi connectivity index (χ2v) is 8.95. The molecule has 152 valence electrons. The molecule has 2 aliphatic rings. The minimum absolute atomic E-state index is 0.117. The average molecular weight is 422 g/mol. The predicted octanol–water partition coefficient (Wildman–Crippen LogP) is 3.32. The van der Waals surface area contributed by atoms with Crippen molar-refractivity contribution in [3.8, 4) is 0 Å². The SMILES string of the molecule is CC1(C)CC(=O)C2=C(C1)NC(Nc1nc3ccccc3o1)=[NH+][C@H]2c1ccccc1Cl. The summed E-state index contributed by atoms with van der Waals surface area (Å²) in [5, 5.41) is 7.17. The molecular weight excluding hydrogens is 400 g/mol. The summed E-state index contributed by atoms with van der Waals surface area (Å²) in [4.78, 5) is 21.0. The number of nitrogens with one attached hydrogen (secondary N) is 3. The van der Waals surface area contributed by atoms with Crippen LogP contribution < -0.4 is 15.6 Å². The molecular formula is C23H22ClN4O2+. The van der Waals surface area contributed by atoms with Crippen LogP contribution in [0.5, 0.6) is 0 Å². The van der Waals surface area contributed by atoms with Gasteiger partial charge in [-0.2, -0.15) is 10.3 Å². The number of allylic oxidation sites excluding steroid dienone is 1. The molecule has 5 rings (SSSR count). The molecule has 0 fully saturated rings. The number of ketones is 1. The molecule has 0 bridgehead atoms. The zero-order chi connectivity index (χ0) is 20.9. The van der Waals surface area contributed by atoms with Crippen molar-refractivity contribution in [1.82, 2.24) is 10.3 Å². The van der Waals surface area contributed by atoms with E-state index in [2.05, 4.69) is 34.5 Å². The van der Waals surface area contributed by atoms with Gasteiger partial charge in [0.05, 0.1) is 11.3 Å². The van der Waals surface area contributed by atoms with Gasteiger partial charge in [0, 0.05) is 23.4 Å². The molecule has 2 aromatic carbocycles. The predicted molar refractivity (Wildman–Crippen MR) is 116 cm³/mol. The monoisotopic (exact) mass is 421 g/mol. The molecule has 6 nitrogen and oxygen atoms in total. The molecule has 1 aliphatic heterocycles. The largest absolute Gasteiger partial charge is 0.412 e. The van der Waals surface area contributed by atoms with Crippen LogP contribution in [0.4, 0.5) is 6.01 Å². The Morgan fingerprint density at radius 2 is 1.93 bits per heavy atom. The molecule has 0 radical (unpaired) electrons. The minimum atomic E-state index is -0.356. The van der Waals surface area contributed by atoms with Crippen molar-refractivity contribution >= 4 is 40.5 Å². The van der Waals surface area contributed by atoms with Crippen molar-refractivity contribution in [2.45, 2.75) is 32.7 Å². The number of hydrogen-bond acceptors (Lipinski definition) is 5. The van der Waals surface area contributed by atoms with Crippen LogP contribution in [0.1, 0.15) is 38.3 Å². The molecule has 3 N–H and O–H groups in total. The highest BCUT2D eigenvalue weighted by molar-refractivity contribution is 6.31. The topological polar surface area (TPSA) is 81.1 Å². The van der Waals surface area contributed by atoms with Crippen LogP contribution in [0, 0.1) is 5.41 Å². The number of oxazole rings is 1. The lowest BCUT2D eigenvalue weighted by Crippen LogP contribution is -2.82. The van der Waals surface area contributed by atoms with Gasteiger partial charge in [-0.05, 0) is 23.6 Å². The molecule has 0 amide bonds. The number of anilines is 1. The van der Waals surface area contributed by atoms with Crippen LogP contribution in [0.25, 0.3) is 11.1 Å². The average Bonchev–Trinajstić information content (AvgIpc) is 3.08. The number of halogens is 1. The Kier molecular flexibility index (Phi) is 4.40. The zero-order valence-corrected chi connectivity index (χ0v) is 17.5. The lowest BCUT2D eigenvalue weighted by molar-refractivity contribution is -0.502. The zero-order valence-electron chi connectivity index (χ0n) is 16.8. The molecule has 1 aliphatic carbocycles. The highest BCUT2D eigenvalue weighted by atomic mass is 35.5. The van der Waals surface area contributed by atoms with Gasteiger partial charge in [0.2, 0.25) is 0 Å². The van der Waals surface area contributed by atoms with E-state index in [0.717, 1.165) is 28.8 Å². The third-order valence-corrected chi connectivity index (χ3v) is 5.86. The second-order valence-electron chi connectivity index (χ2n) is 8.54. The van der Waals surface area contributed by atoms with E-state index in [1.54, 1.807) is 0 Å². The summed E-state index contributed by atoms with van der Waals surface area (Å²) in [7, 11) is 0. The van der Waals surface area contributed by atoms with Crippen molar-refractivity contribution in [1.29, 1.82) is 0 Å². The van der Waals surface area contributed by atoms with E-state index in [-0.39, 0.29) is 17.2 Å². The fourth-order valence-corrected chi connectivity index (χ4v) is 4.47. The number of Topliss-reactive ketones (excluding diaryl/α,β-unsaturated/α-hetero) is 1. The fraction of sp³-hybridized carbons (Fsp3) is 0.261. The highest BCUT2D eigenvalue weighted by Gasteiger charge is 2.42. The van der Waals surface area contributed by atoms with E-state index in [4.69, 9.17) is 16.0 Å². The lowest BCUT2D eigenvalue weighted by Gasteiger charge is -2.34. The standard InChI is InChI=1S/C23H21ClN4O2/c1-23(2)11-16-19(17(29)12-23)20(13-7-3-4-8-14(13)24)27-21(25-16)28-22-26-15-9-5-6-10-18(15)30-22/h3-10,20H,11-12H2,1-2H3,(H2,25,26,27,28)/p+1/t20-/m0/s1. The third kappa shape index (κ3) is 3.37. The molecule has 7 heteroatoms. The molecule has 0 unspecified atom stereocenters. The van der Waals surface area contributed by atoms with Crippen molar-refractivity contribution in [2.75, 3.05) is 5.32 Å². The van der Waals surface area contributed by atoms with Gasteiger partial charge in [0.25, 0.3) is 0 Å². The van der Waals surface area contributed by atoms with Crippen LogP contribution >= 0.6 is 11.6 Å². The first-order valence-electron chi connectivity index (χ1n) is 9.93. The van der Waals surface area contributed by atoms with Crippen LogP contribution in [0.3, 0.4) is 0 Å². The van der Waals surface area contributed by atoms with Gasteiger partial charge in [-0.25, -0.2) is 5.32 Å². The maximum Gasteiger partial charge on any atom is 0.365 e. The molecule has 0 saturated carbocycles. The van der Waals surface area contributed by atoms with E-state index in [9.17, 15) is 4.79 Å². The maximum atomic E-state index is 13.1. The van der Waals surface area contributed by atoms with Crippen molar-refractivity contribution < 1.29 is 14.2 Å². The van der Waals surface area contributed by atoms with Gasteiger partial charge < -0.3 is 4.42 Å². The van der Waals surface area contributed by atoms with Crippen LogP contribution in [0.2, 0.25) is 5.02 Å². The Bertz CT molecular complexity index is 1190. The Hall–Kier alpha value is -3.12. The summed E-state index contributed by atoms with van der Waals surface area (Å²) < 4.78 is 5.80.